The number of rotatable bonds is 3. The second kappa shape index (κ2) is 3.94. The molecule has 1 atom stereocenters. The molecule has 0 fully saturated rings. The van der Waals surface area contributed by atoms with E-state index in [1.165, 1.54) is 0 Å². The average Bonchev–Trinajstić information content (AvgIpc) is 1.81. The van der Waals surface area contributed by atoms with Gasteiger partial charge in [0.25, 0.3) is 0 Å². The molecule has 2 heteroatoms. The fraction of sp³-hybridized carbons (Fsp3) is 1.00. The fourth-order valence-corrected chi connectivity index (χ4v) is 0.750. The highest BCUT2D eigenvalue weighted by molar-refractivity contribution is 4.63. The lowest BCUT2D eigenvalue weighted by atomic mass is 10.1. The summed E-state index contributed by atoms with van der Waals surface area (Å²) in [5, 5.41) is 8.76. The number of hydrogen-bond donors (Lipinski definition) is 1. The molecular formula is C8H18O2. The highest BCUT2D eigenvalue weighted by atomic mass is 16.5. The van der Waals surface area contributed by atoms with Gasteiger partial charge < -0.3 is 9.84 Å². The summed E-state index contributed by atoms with van der Waals surface area (Å²) in [6.07, 6.45) is 0.869. The molecule has 2 nitrogen and oxygen atoms in total. The van der Waals surface area contributed by atoms with E-state index in [0.717, 1.165) is 6.42 Å². The molecule has 0 spiro atoms. The Bertz CT molecular complexity index is 79.7. The van der Waals surface area contributed by atoms with Crippen molar-refractivity contribution in [3.8, 4) is 0 Å². The summed E-state index contributed by atoms with van der Waals surface area (Å²) in [5.41, 5.74) is -0.136. The van der Waals surface area contributed by atoms with Crippen LogP contribution in [0, 0.1) is 0 Å². The van der Waals surface area contributed by atoms with Gasteiger partial charge in [-0.25, -0.2) is 0 Å². The predicted molar refractivity (Wildman–Crippen MR) is 42.0 cm³/mol. The Morgan fingerprint density at radius 1 is 1.40 bits per heavy atom. The quantitative estimate of drug-likeness (QED) is 0.655. The zero-order valence-corrected chi connectivity index (χ0v) is 7.35. The van der Waals surface area contributed by atoms with Crippen LogP contribution in [0.4, 0.5) is 0 Å². The van der Waals surface area contributed by atoms with Crippen LogP contribution in [-0.2, 0) is 4.74 Å². The maximum absolute atomic E-state index is 8.76. The highest BCUT2D eigenvalue weighted by Crippen LogP contribution is 2.11. The molecule has 0 aromatic carbocycles. The molecule has 0 unspecified atom stereocenters. The molecule has 0 amide bonds. The van der Waals surface area contributed by atoms with E-state index in [4.69, 9.17) is 9.84 Å². The first-order valence-corrected chi connectivity index (χ1v) is 3.78. The standard InChI is InChI=1S/C8H18O2/c1-5-7(6-9)10-8(2,3)4/h7,9H,5-6H2,1-4H3/t7-/m0/s1. The van der Waals surface area contributed by atoms with Crippen molar-refractivity contribution >= 4 is 0 Å². The van der Waals surface area contributed by atoms with Gasteiger partial charge in [0, 0.05) is 0 Å². The van der Waals surface area contributed by atoms with Crippen LogP contribution in [0.3, 0.4) is 0 Å². The Morgan fingerprint density at radius 2 is 1.90 bits per heavy atom. The van der Waals surface area contributed by atoms with Gasteiger partial charge in [-0.15, -0.1) is 0 Å². The van der Waals surface area contributed by atoms with Gasteiger partial charge in [-0.3, -0.25) is 0 Å². The van der Waals surface area contributed by atoms with Crippen LogP contribution in [0.5, 0.6) is 0 Å². The van der Waals surface area contributed by atoms with Gasteiger partial charge in [0.1, 0.15) is 0 Å². The summed E-state index contributed by atoms with van der Waals surface area (Å²) in [5.74, 6) is 0. The zero-order valence-electron chi connectivity index (χ0n) is 7.35. The molecule has 0 aromatic heterocycles. The Labute approximate surface area is 63.2 Å². The molecular weight excluding hydrogens is 128 g/mol. The number of ether oxygens (including phenoxy) is 1. The third-order valence-corrected chi connectivity index (χ3v) is 1.18. The third kappa shape index (κ3) is 4.77. The van der Waals surface area contributed by atoms with Gasteiger partial charge in [-0.1, -0.05) is 6.92 Å². The van der Waals surface area contributed by atoms with E-state index in [9.17, 15) is 0 Å². The second-order valence-corrected chi connectivity index (χ2v) is 3.44. The maximum atomic E-state index is 8.76. The van der Waals surface area contributed by atoms with Crippen LogP contribution in [0.1, 0.15) is 34.1 Å². The molecule has 0 heterocycles. The van der Waals surface area contributed by atoms with Crippen LogP contribution in [0.25, 0.3) is 0 Å². The summed E-state index contributed by atoms with van der Waals surface area (Å²) < 4.78 is 5.49. The summed E-state index contributed by atoms with van der Waals surface area (Å²) >= 11 is 0. The fourth-order valence-electron chi connectivity index (χ4n) is 0.750. The van der Waals surface area contributed by atoms with Crippen molar-refractivity contribution in [2.75, 3.05) is 6.61 Å². The first kappa shape index (κ1) is 9.92. The molecule has 62 valence electrons. The van der Waals surface area contributed by atoms with Crippen LogP contribution in [-0.4, -0.2) is 23.4 Å². The minimum absolute atomic E-state index is 0.000000000000000444. The first-order valence-electron chi connectivity index (χ1n) is 3.78. The number of hydrogen-bond acceptors (Lipinski definition) is 2. The van der Waals surface area contributed by atoms with E-state index >= 15 is 0 Å². The molecule has 0 saturated heterocycles. The minimum Gasteiger partial charge on any atom is -0.394 e. The van der Waals surface area contributed by atoms with E-state index < -0.39 is 0 Å². The normalized spacial score (nSPS) is 15.3. The number of aliphatic hydroxyl groups is 1. The third-order valence-electron chi connectivity index (χ3n) is 1.18. The van der Waals surface area contributed by atoms with Crippen molar-refractivity contribution in [2.24, 2.45) is 0 Å². The Hall–Kier alpha value is -0.0800. The molecule has 0 aliphatic carbocycles. The molecule has 0 bridgehead atoms. The Kier molecular flexibility index (Phi) is 3.91. The molecule has 0 aliphatic heterocycles. The van der Waals surface area contributed by atoms with E-state index in [-0.39, 0.29) is 18.3 Å². The lowest BCUT2D eigenvalue weighted by Crippen LogP contribution is -2.29. The van der Waals surface area contributed by atoms with Gasteiger partial charge in [0.15, 0.2) is 0 Å². The monoisotopic (exact) mass is 146 g/mol. The maximum Gasteiger partial charge on any atom is 0.0810 e. The van der Waals surface area contributed by atoms with Crippen molar-refractivity contribution in [1.29, 1.82) is 0 Å². The smallest absolute Gasteiger partial charge is 0.0810 e. The van der Waals surface area contributed by atoms with Crippen molar-refractivity contribution in [1.82, 2.24) is 0 Å². The van der Waals surface area contributed by atoms with Crippen molar-refractivity contribution in [3.63, 3.8) is 0 Å². The van der Waals surface area contributed by atoms with E-state index in [1.807, 2.05) is 27.7 Å². The molecule has 0 radical (unpaired) electrons. The molecule has 0 aliphatic rings. The predicted octanol–water partition coefficient (Wildman–Crippen LogP) is 1.57. The molecule has 1 N–H and O–H groups in total. The Morgan fingerprint density at radius 3 is 2.00 bits per heavy atom. The summed E-state index contributed by atoms with van der Waals surface area (Å²) in [4.78, 5) is 0. The topological polar surface area (TPSA) is 29.5 Å². The van der Waals surface area contributed by atoms with Crippen LogP contribution in [0.2, 0.25) is 0 Å². The number of aliphatic hydroxyl groups excluding tert-OH is 1. The van der Waals surface area contributed by atoms with Gasteiger partial charge in [0.2, 0.25) is 0 Å². The van der Waals surface area contributed by atoms with Crippen LogP contribution >= 0.6 is 0 Å². The first-order chi connectivity index (χ1) is 4.49. The van der Waals surface area contributed by atoms with Crippen molar-refractivity contribution < 1.29 is 9.84 Å². The van der Waals surface area contributed by atoms with Crippen LogP contribution < -0.4 is 0 Å². The van der Waals surface area contributed by atoms with Crippen molar-refractivity contribution in [3.05, 3.63) is 0 Å². The summed E-state index contributed by atoms with van der Waals surface area (Å²) in [6.45, 7) is 8.10. The Balaban J connectivity index is 3.63. The SMILES string of the molecule is CC[C@@H](CO)OC(C)(C)C. The molecule has 10 heavy (non-hydrogen) atoms. The second-order valence-electron chi connectivity index (χ2n) is 3.44. The van der Waals surface area contributed by atoms with Crippen molar-refractivity contribution in [2.45, 2.75) is 45.8 Å². The van der Waals surface area contributed by atoms with Gasteiger partial charge in [-0.05, 0) is 27.2 Å². The van der Waals surface area contributed by atoms with Gasteiger partial charge in [0.05, 0.1) is 18.3 Å². The van der Waals surface area contributed by atoms with E-state index in [1.54, 1.807) is 0 Å². The molecule has 0 saturated carbocycles. The summed E-state index contributed by atoms with van der Waals surface area (Å²) in [7, 11) is 0. The van der Waals surface area contributed by atoms with Gasteiger partial charge in [-0.2, -0.15) is 0 Å². The van der Waals surface area contributed by atoms with Crippen LogP contribution in [0.15, 0.2) is 0 Å². The van der Waals surface area contributed by atoms with E-state index in [2.05, 4.69) is 0 Å². The lowest BCUT2D eigenvalue weighted by Gasteiger charge is -2.25. The largest absolute Gasteiger partial charge is 0.394 e. The zero-order chi connectivity index (χ0) is 8.20. The molecule has 0 aromatic rings. The molecule has 0 rings (SSSR count). The average molecular weight is 146 g/mol. The summed E-state index contributed by atoms with van der Waals surface area (Å²) in [6, 6.07) is 0. The van der Waals surface area contributed by atoms with Gasteiger partial charge >= 0.3 is 0 Å². The van der Waals surface area contributed by atoms with E-state index in [0.29, 0.717) is 0 Å². The highest BCUT2D eigenvalue weighted by Gasteiger charge is 2.15. The lowest BCUT2D eigenvalue weighted by molar-refractivity contribution is -0.0808. The minimum atomic E-state index is -0.136.